The smallest absolute Gasteiger partial charge is 0.322 e. The predicted octanol–water partition coefficient (Wildman–Crippen LogP) is 5.40. The Hall–Kier alpha value is -3.60. The van der Waals surface area contributed by atoms with Crippen molar-refractivity contribution in [3.8, 4) is 0 Å². The van der Waals surface area contributed by atoms with Gasteiger partial charge in [0.15, 0.2) is 0 Å². The molecule has 0 heterocycles. The highest BCUT2D eigenvalue weighted by atomic mass is 16.2. The molecule has 0 fully saturated rings. The summed E-state index contributed by atoms with van der Waals surface area (Å²) in [7, 11) is 1.82. The minimum atomic E-state index is -0.361. The third-order valence-corrected chi connectivity index (χ3v) is 5.18. The highest BCUT2D eigenvalue weighted by molar-refractivity contribution is 5.92. The first-order chi connectivity index (χ1) is 15.7. The second kappa shape index (κ2) is 10.8. The zero-order valence-corrected chi connectivity index (χ0v) is 19.9. The average molecular weight is 444 g/mol. The molecule has 5 heteroatoms. The molecule has 0 aliphatic heterocycles. The van der Waals surface area contributed by atoms with Gasteiger partial charge >= 0.3 is 6.03 Å². The van der Waals surface area contributed by atoms with Gasteiger partial charge in [-0.05, 0) is 49.6 Å². The van der Waals surface area contributed by atoms with Gasteiger partial charge in [0.25, 0.3) is 0 Å². The van der Waals surface area contributed by atoms with Gasteiger partial charge in [-0.15, -0.1) is 0 Å². The Morgan fingerprint density at radius 3 is 1.88 bits per heavy atom. The Kier molecular flexibility index (Phi) is 7.88. The van der Waals surface area contributed by atoms with E-state index < -0.39 is 0 Å². The molecule has 0 saturated carbocycles. The molecule has 3 aromatic carbocycles. The second-order valence-corrected chi connectivity index (χ2v) is 9.33. The van der Waals surface area contributed by atoms with Crippen molar-refractivity contribution in [1.82, 2.24) is 10.2 Å². The molecule has 0 aliphatic carbocycles. The molecule has 0 spiro atoms. The van der Waals surface area contributed by atoms with Crippen LogP contribution in [0.15, 0.2) is 84.9 Å². The fourth-order valence-corrected chi connectivity index (χ4v) is 3.52. The number of carbonyl (C=O) groups excluding carboxylic acids is 2. The first-order valence-electron chi connectivity index (χ1n) is 11.2. The number of nitrogens with one attached hydrogen (secondary N) is 1. The van der Waals surface area contributed by atoms with Crippen LogP contribution in [0.2, 0.25) is 0 Å². The molecule has 0 aromatic heterocycles. The summed E-state index contributed by atoms with van der Waals surface area (Å²) in [4.78, 5) is 29.4. The van der Waals surface area contributed by atoms with Crippen LogP contribution in [-0.4, -0.2) is 29.4 Å². The number of rotatable bonds is 7. The summed E-state index contributed by atoms with van der Waals surface area (Å²) in [5, 5.41) is 3.06. The lowest BCUT2D eigenvalue weighted by Crippen LogP contribution is -2.48. The summed E-state index contributed by atoms with van der Waals surface area (Å²) in [5.41, 5.74) is 3.40. The molecule has 0 saturated heterocycles. The number of hydrogen-bond acceptors (Lipinski definition) is 2. The van der Waals surface area contributed by atoms with Crippen molar-refractivity contribution in [3.63, 3.8) is 0 Å². The maximum Gasteiger partial charge on any atom is 0.322 e. The lowest BCUT2D eigenvalue weighted by atomic mass is 10.1. The number of nitrogens with zero attached hydrogens (tertiary/aromatic N) is 2. The molecule has 0 aliphatic rings. The maximum absolute atomic E-state index is 13.1. The number of benzene rings is 3. The predicted molar refractivity (Wildman–Crippen MR) is 134 cm³/mol. The Balaban J connectivity index is 1.77. The van der Waals surface area contributed by atoms with E-state index in [9.17, 15) is 9.59 Å². The standard InChI is InChI=1S/C28H33N3O2/c1-28(2,3)29-27(33)31(21-23-14-9-6-10-15-23)25-17-11-16-24(18-25)19-26(32)30(4)20-22-12-7-5-8-13-22/h5-18H,19-21H2,1-4H3,(H,29,33). The zero-order valence-electron chi connectivity index (χ0n) is 19.9. The van der Waals surface area contributed by atoms with E-state index in [-0.39, 0.29) is 23.9 Å². The van der Waals surface area contributed by atoms with Crippen LogP contribution in [-0.2, 0) is 24.3 Å². The van der Waals surface area contributed by atoms with Crippen molar-refractivity contribution in [3.05, 3.63) is 102 Å². The fraction of sp³-hybridized carbons (Fsp3) is 0.286. The molecule has 1 N–H and O–H groups in total. The van der Waals surface area contributed by atoms with E-state index >= 15 is 0 Å². The number of carbonyl (C=O) groups is 2. The van der Waals surface area contributed by atoms with Gasteiger partial charge in [-0.2, -0.15) is 0 Å². The van der Waals surface area contributed by atoms with Crippen molar-refractivity contribution in [2.24, 2.45) is 0 Å². The highest BCUT2D eigenvalue weighted by Gasteiger charge is 2.22. The van der Waals surface area contributed by atoms with E-state index in [0.717, 1.165) is 22.4 Å². The van der Waals surface area contributed by atoms with Crippen LogP contribution in [0.25, 0.3) is 0 Å². The van der Waals surface area contributed by atoms with Gasteiger partial charge in [0.1, 0.15) is 0 Å². The molecule has 172 valence electrons. The molecule has 0 unspecified atom stereocenters. The molecular formula is C28H33N3O2. The number of amides is 3. The first-order valence-corrected chi connectivity index (χ1v) is 11.2. The van der Waals surface area contributed by atoms with Crippen LogP contribution in [0.3, 0.4) is 0 Å². The SMILES string of the molecule is CN(Cc1ccccc1)C(=O)Cc1cccc(N(Cc2ccccc2)C(=O)NC(C)(C)C)c1. The fourth-order valence-electron chi connectivity index (χ4n) is 3.52. The van der Waals surface area contributed by atoms with Crippen molar-refractivity contribution in [2.45, 2.75) is 45.8 Å². The van der Waals surface area contributed by atoms with E-state index in [4.69, 9.17) is 0 Å². The van der Waals surface area contributed by atoms with Crippen molar-refractivity contribution >= 4 is 17.6 Å². The van der Waals surface area contributed by atoms with Crippen LogP contribution < -0.4 is 10.2 Å². The van der Waals surface area contributed by atoms with Gasteiger partial charge in [0, 0.05) is 24.8 Å². The van der Waals surface area contributed by atoms with Gasteiger partial charge in [-0.1, -0.05) is 72.8 Å². The topological polar surface area (TPSA) is 52.7 Å². The lowest BCUT2D eigenvalue weighted by molar-refractivity contribution is -0.129. The minimum absolute atomic E-state index is 0.0322. The Bertz CT molecular complexity index is 1060. The summed E-state index contributed by atoms with van der Waals surface area (Å²) >= 11 is 0. The quantitative estimate of drug-likeness (QED) is 0.531. The number of hydrogen-bond donors (Lipinski definition) is 1. The number of likely N-dealkylation sites (N-methyl/N-ethyl adjacent to an activating group) is 1. The van der Waals surface area contributed by atoms with Crippen molar-refractivity contribution in [1.29, 1.82) is 0 Å². The average Bonchev–Trinajstić information content (AvgIpc) is 2.78. The van der Waals surface area contributed by atoms with Crippen LogP contribution in [0, 0.1) is 0 Å². The molecule has 3 rings (SSSR count). The summed E-state index contributed by atoms with van der Waals surface area (Å²) in [6.07, 6.45) is 0.275. The molecule has 0 radical (unpaired) electrons. The van der Waals surface area contributed by atoms with Gasteiger partial charge in [0.05, 0.1) is 13.0 Å². The Morgan fingerprint density at radius 2 is 1.30 bits per heavy atom. The molecule has 33 heavy (non-hydrogen) atoms. The third-order valence-electron chi connectivity index (χ3n) is 5.18. The molecule has 3 amide bonds. The van der Waals surface area contributed by atoms with Gasteiger partial charge in [-0.3, -0.25) is 9.69 Å². The molecule has 0 bridgehead atoms. The van der Waals surface area contributed by atoms with Crippen molar-refractivity contribution in [2.75, 3.05) is 11.9 Å². The molecular weight excluding hydrogens is 410 g/mol. The van der Waals surface area contributed by atoms with Gasteiger partial charge in [-0.25, -0.2) is 4.79 Å². The molecule has 0 atom stereocenters. The summed E-state index contributed by atoms with van der Waals surface area (Å²) in [6.45, 7) is 6.89. The van der Waals surface area contributed by atoms with E-state index in [1.807, 2.05) is 113 Å². The van der Waals surface area contributed by atoms with E-state index in [1.54, 1.807) is 9.80 Å². The van der Waals surface area contributed by atoms with Crippen LogP contribution >= 0.6 is 0 Å². The third kappa shape index (κ3) is 7.49. The van der Waals surface area contributed by atoms with Gasteiger partial charge in [0.2, 0.25) is 5.91 Å². The van der Waals surface area contributed by atoms with E-state index in [1.165, 1.54) is 0 Å². The van der Waals surface area contributed by atoms with Crippen LogP contribution in [0.4, 0.5) is 10.5 Å². The Morgan fingerprint density at radius 1 is 0.758 bits per heavy atom. The number of urea groups is 1. The summed E-state index contributed by atoms with van der Waals surface area (Å²) < 4.78 is 0. The summed E-state index contributed by atoms with van der Waals surface area (Å²) in [6, 6.07) is 27.3. The number of anilines is 1. The summed E-state index contributed by atoms with van der Waals surface area (Å²) in [5.74, 6) is 0.0322. The maximum atomic E-state index is 13.1. The molecule has 3 aromatic rings. The lowest BCUT2D eigenvalue weighted by Gasteiger charge is -2.29. The largest absolute Gasteiger partial charge is 0.341 e. The Labute approximate surface area is 197 Å². The van der Waals surface area contributed by atoms with Crippen molar-refractivity contribution < 1.29 is 9.59 Å². The zero-order chi connectivity index (χ0) is 23.8. The first kappa shape index (κ1) is 24.1. The molecule has 5 nitrogen and oxygen atoms in total. The van der Waals surface area contributed by atoms with Gasteiger partial charge < -0.3 is 10.2 Å². The van der Waals surface area contributed by atoms with E-state index in [0.29, 0.717) is 13.1 Å². The van der Waals surface area contributed by atoms with E-state index in [2.05, 4.69) is 5.32 Å². The second-order valence-electron chi connectivity index (χ2n) is 9.33. The minimum Gasteiger partial charge on any atom is -0.341 e. The van der Waals surface area contributed by atoms with Crippen LogP contribution in [0.5, 0.6) is 0 Å². The normalized spacial score (nSPS) is 11.0. The highest BCUT2D eigenvalue weighted by Crippen LogP contribution is 2.21. The monoisotopic (exact) mass is 443 g/mol. The van der Waals surface area contributed by atoms with Crippen LogP contribution in [0.1, 0.15) is 37.5 Å².